The van der Waals surface area contributed by atoms with Crippen LogP contribution in [0, 0.1) is 0 Å². The minimum absolute atomic E-state index is 0.130. The van der Waals surface area contributed by atoms with Crippen LogP contribution in [0.1, 0.15) is 4.88 Å². The average molecular weight is 321 g/mol. The summed E-state index contributed by atoms with van der Waals surface area (Å²) in [4.78, 5) is 12.3. The van der Waals surface area contributed by atoms with Gasteiger partial charge in [0, 0.05) is 21.3 Å². The highest BCUT2D eigenvalue weighted by Gasteiger charge is 2.04. The zero-order valence-corrected chi connectivity index (χ0v) is 11.1. The van der Waals surface area contributed by atoms with Gasteiger partial charge in [0.15, 0.2) is 0 Å². The van der Waals surface area contributed by atoms with E-state index in [4.69, 9.17) is 11.6 Å². The topological polar surface area (TPSA) is 57.8 Å². The van der Waals surface area contributed by atoms with E-state index in [9.17, 15) is 4.79 Å². The molecule has 0 amide bonds. The Kier molecular flexibility index (Phi) is 3.63. The molecule has 2 aromatic heterocycles. The molecule has 0 unspecified atom stereocenters. The summed E-state index contributed by atoms with van der Waals surface area (Å²) >= 11 is 10.8. The fourth-order valence-corrected chi connectivity index (χ4v) is 2.68. The van der Waals surface area contributed by atoms with E-state index in [1.807, 2.05) is 11.4 Å². The summed E-state index contributed by atoms with van der Waals surface area (Å²) in [6.45, 7) is 0.612. The minimum atomic E-state index is -0.390. The van der Waals surface area contributed by atoms with Gasteiger partial charge in [-0.3, -0.25) is 4.79 Å². The summed E-state index contributed by atoms with van der Waals surface area (Å²) in [6, 6.07) is 2.01. The van der Waals surface area contributed by atoms with Crippen LogP contribution in [0.3, 0.4) is 0 Å². The Morgan fingerprint density at radius 1 is 1.62 bits per heavy atom. The molecule has 0 radical (unpaired) electrons. The van der Waals surface area contributed by atoms with Crippen LogP contribution in [0.2, 0.25) is 5.02 Å². The molecule has 0 atom stereocenters. The lowest BCUT2D eigenvalue weighted by Crippen LogP contribution is -2.11. The van der Waals surface area contributed by atoms with E-state index in [2.05, 4.69) is 31.4 Å². The molecule has 16 heavy (non-hydrogen) atoms. The number of H-pyrrole nitrogens is 1. The molecule has 0 aliphatic rings. The monoisotopic (exact) mass is 319 g/mol. The Morgan fingerprint density at radius 3 is 3.12 bits per heavy atom. The van der Waals surface area contributed by atoms with Gasteiger partial charge in [0.25, 0.3) is 5.56 Å². The van der Waals surface area contributed by atoms with Gasteiger partial charge >= 0.3 is 0 Å². The third-order valence-electron chi connectivity index (χ3n) is 1.87. The standard InChI is InChI=1S/C9H7BrClN3OS/c10-5-1-6(16-4-5)2-12-7-3-13-14-9(15)8(7)11/h1,3-4H,2H2,(H2,12,14,15). The molecule has 0 saturated carbocycles. The van der Waals surface area contributed by atoms with Crippen molar-refractivity contribution in [2.75, 3.05) is 5.32 Å². The van der Waals surface area contributed by atoms with Crippen LogP contribution >= 0.6 is 38.9 Å². The number of anilines is 1. The molecule has 0 aliphatic carbocycles. The Morgan fingerprint density at radius 2 is 2.44 bits per heavy atom. The van der Waals surface area contributed by atoms with Crippen LogP contribution in [-0.4, -0.2) is 10.2 Å². The molecule has 0 aliphatic heterocycles. The van der Waals surface area contributed by atoms with Crippen molar-refractivity contribution in [3.05, 3.63) is 42.4 Å². The van der Waals surface area contributed by atoms with E-state index < -0.39 is 0 Å². The van der Waals surface area contributed by atoms with Crippen LogP contribution in [0.4, 0.5) is 5.69 Å². The minimum Gasteiger partial charge on any atom is -0.377 e. The van der Waals surface area contributed by atoms with Gasteiger partial charge in [-0.15, -0.1) is 11.3 Å². The lowest BCUT2D eigenvalue weighted by Gasteiger charge is -2.04. The van der Waals surface area contributed by atoms with Gasteiger partial charge in [0.05, 0.1) is 11.9 Å². The smallest absolute Gasteiger partial charge is 0.285 e. The van der Waals surface area contributed by atoms with E-state index in [-0.39, 0.29) is 10.6 Å². The Labute approximate surface area is 109 Å². The van der Waals surface area contributed by atoms with Gasteiger partial charge in [0.1, 0.15) is 5.02 Å². The number of halogens is 2. The number of hydrogen-bond acceptors (Lipinski definition) is 4. The summed E-state index contributed by atoms with van der Waals surface area (Å²) in [6.07, 6.45) is 1.49. The van der Waals surface area contributed by atoms with Crippen molar-refractivity contribution in [2.45, 2.75) is 6.54 Å². The Balaban J connectivity index is 2.10. The van der Waals surface area contributed by atoms with Gasteiger partial charge in [-0.25, -0.2) is 5.10 Å². The van der Waals surface area contributed by atoms with Crippen molar-refractivity contribution in [3.63, 3.8) is 0 Å². The number of aromatic nitrogens is 2. The highest BCUT2D eigenvalue weighted by Crippen LogP contribution is 2.22. The number of nitrogens with one attached hydrogen (secondary N) is 2. The first-order chi connectivity index (χ1) is 7.66. The van der Waals surface area contributed by atoms with Gasteiger partial charge in [-0.05, 0) is 22.0 Å². The molecule has 84 valence electrons. The number of aromatic amines is 1. The molecule has 0 saturated heterocycles. The SMILES string of the molecule is O=c1[nH]ncc(NCc2cc(Br)cs2)c1Cl. The molecule has 2 N–H and O–H groups in total. The van der Waals surface area contributed by atoms with Crippen molar-refractivity contribution in [1.82, 2.24) is 10.2 Å². The van der Waals surface area contributed by atoms with E-state index in [1.165, 1.54) is 6.20 Å². The quantitative estimate of drug-likeness (QED) is 0.914. The highest BCUT2D eigenvalue weighted by molar-refractivity contribution is 9.10. The molecule has 4 nitrogen and oxygen atoms in total. The number of nitrogens with zero attached hydrogens (tertiary/aromatic N) is 1. The van der Waals surface area contributed by atoms with E-state index >= 15 is 0 Å². The van der Waals surface area contributed by atoms with Crippen molar-refractivity contribution in [2.24, 2.45) is 0 Å². The fourth-order valence-electron chi connectivity index (χ4n) is 1.14. The first-order valence-corrected chi connectivity index (χ1v) is 6.42. The third kappa shape index (κ3) is 2.63. The largest absolute Gasteiger partial charge is 0.377 e. The first kappa shape index (κ1) is 11.6. The van der Waals surface area contributed by atoms with E-state index in [0.717, 1.165) is 9.35 Å². The molecule has 0 fully saturated rings. The second kappa shape index (κ2) is 4.99. The molecular formula is C9H7BrClN3OS. The molecule has 7 heteroatoms. The van der Waals surface area contributed by atoms with E-state index in [0.29, 0.717) is 12.2 Å². The van der Waals surface area contributed by atoms with Gasteiger partial charge < -0.3 is 5.32 Å². The Bertz CT molecular complexity index is 554. The van der Waals surface area contributed by atoms with Crippen molar-refractivity contribution in [3.8, 4) is 0 Å². The van der Waals surface area contributed by atoms with Crippen molar-refractivity contribution < 1.29 is 0 Å². The van der Waals surface area contributed by atoms with E-state index in [1.54, 1.807) is 11.3 Å². The fraction of sp³-hybridized carbons (Fsp3) is 0.111. The van der Waals surface area contributed by atoms with Crippen LogP contribution in [-0.2, 0) is 6.54 Å². The van der Waals surface area contributed by atoms with Crippen LogP contribution in [0.15, 0.2) is 26.9 Å². The van der Waals surface area contributed by atoms with Gasteiger partial charge in [0.2, 0.25) is 0 Å². The molecule has 0 bridgehead atoms. The number of hydrogen-bond donors (Lipinski definition) is 2. The second-order valence-electron chi connectivity index (χ2n) is 3.01. The lowest BCUT2D eigenvalue weighted by atomic mass is 10.4. The Hall–Kier alpha value is -0.850. The van der Waals surface area contributed by atoms with Crippen LogP contribution < -0.4 is 10.9 Å². The molecule has 0 spiro atoms. The normalized spacial score (nSPS) is 10.4. The lowest BCUT2D eigenvalue weighted by molar-refractivity contribution is 0.983. The third-order valence-corrected chi connectivity index (χ3v) is 3.94. The maximum atomic E-state index is 11.2. The number of thiophene rings is 1. The summed E-state index contributed by atoms with van der Waals surface area (Å²) in [5, 5.41) is 11.1. The maximum Gasteiger partial charge on any atom is 0.285 e. The molecule has 2 aromatic rings. The summed E-state index contributed by atoms with van der Waals surface area (Å²) in [5.41, 5.74) is 0.147. The average Bonchev–Trinajstić information content (AvgIpc) is 2.67. The summed E-state index contributed by atoms with van der Waals surface area (Å²) in [7, 11) is 0. The van der Waals surface area contributed by atoms with Crippen LogP contribution in [0.5, 0.6) is 0 Å². The predicted octanol–water partition coefficient (Wildman–Crippen LogP) is 2.86. The summed E-state index contributed by atoms with van der Waals surface area (Å²) in [5.74, 6) is 0. The molecular weight excluding hydrogens is 314 g/mol. The predicted molar refractivity (Wildman–Crippen MR) is 69.2 cm³/mol. The second-order valence-corrected chi connectivity index (χ2v) is 5.30. The van der Waals surface area contributed by atoms with Crippen LogP contribution in [0.25, 0.3) is 0 Å². The summed E-state index contributed by atoms with van der Waals surface area (Å²) < 4.78 is 1.05. The molecule has 2 rings (SSSR count). The first-order valence-electron chi connectivity index (χ1n) is 4.37. The zero-order valence-electron chi connectivity index (χ0n) is 7.96. The maximum absolute atomic E-state index is 11.2. The van der Waals surface area contributed by atoms with Gasteiger partial charge in [-0.1, -0.05) is 11.6 Å². The highest BCUT2D eigenvalue weighted by atomic mass is 79.9. The van der Waals surface area contributed by atoms with Crippen molar-refractivity contribution >= 4 is 44.6 Å². The zero-order chi connectivity index (χ0) is 11.5. The van der Waals surface area contributed by atoms with Gasteiger partial charge in [-0.2, -0.15) is 5.10 Å². The van der Waals surface area contributed by atoms with Crippen molar-refractivity contribution in [1.29, 1.82) is 0 Å². The number of rotatable bonds is 3. The molecule has 2 heterocycles. The molecule has 0 aromatic carbocycles.